The Bertz CT molecular complexity index is 678. The van der Waals surface area contributed by atoms with Crippen molar-refractivity contribution in [2.24, 2.45) is 0 Å². The van der Waals surface area contributed by atoms with Gasteiger partial charge in [0.2, 0.25) is 6.29 Å². The van der Waals surface area contributed by atoms with E-state index in [2.05, 4.69) is 0 Å². The number of rotatable bonds is 12. The van der Waals surface area contributed by atoms with E-state index in [1.165, 1.54) is 0 Å². The highest BCUT2D eigenvalue weighted by Crippen LogP contribution is 2.33. The number of aliphatic hydroxyl groups excluding tert-OH is 1. The van der Waals surface area contributed by atoms with Gasteiger partial charge in [-0.3, -0.25) is 0 Å². The van der Waals surface area contributed by atoms with Crippen LogP contribution in [0.3, 0.4) is 0 Å². The average molecular weight is 509 g/mol. The standard InChI is InChI=1S/C21H32O6S4/c1-14-10-16(27-20(15(2)22)24-11-18-28-6-7-29-18)4-5-17(14)25-13-21(3,23)26-12-19-30-8-9-31-19/h4-5,10,15,18-20,22-23H,6-9,11-13H2,1-3H3. The number of aryl methyl sites for hydroxylation is 1. The molecule has 6 nitrogen and oxygen atoms in total. The second-order valence-electron chi connectivity index (χ2n) is 7.60. The van der Waals surface area contributed by atoms with Gasteiger partial charge in [0.1, 0.15) is 24.2 Å². The molecule has 1 aromatic carbocycles. The van der Waals surface area contributed by atoms with Crippen LogP contribution in [0.25, 0.3) is 0 Å². The van der Waals surface area contributed by atoms with E-state index in [9.17, 15) is 10.2 Å². The monoisotopic (exact) mass is 508 g/mol. The van der Waals surface area contributed by atoms with Crippen LogP contribution in [-0.4, -0.2) is 80.4 Å². The number of aliphatic hydroxyl groups is 2. The van der Waals surface area contributed by atoms with Crippen molar-refractivity contribution in [3.63, 3.8) is 0 Å². The van der Waals surface area contributed by atoms with Gasteiger partial charge in [-0.05, 0) is 44.5 Å². The van der Waals surface area contributed by atoms with Crippen LogP contribution in [0.15, 0.2) is 18.2 Å². The third kappa shape index (κ3) is 8.73. The highest BCUT2D eigenvalue weighted by atomic mass is 32.2. The van der Waals surface area contributed by atoms with Gasteiger partial charge in [-0.2, -0.15) is 0 Å². The first-order chi connectivity index (χ1) is 14.8. The number of benzene rings is 1. The predicted molar refractivity (Wildman–Crippen MR) is 133 cm³/mol. The van der Waals surface area contributed by atoms with Crippen molar-refractivity contribution in [1.29, 1.82) is 0 Å². The highest BCUT2D eigenvalue weighted by Gasteiger charge is 2.27. The van der Waals surface area contributed by atoms with Crippen molar-refractivity contribution in [2.75, 3.05) is 42.8 Å². The van der Waals surface area contributed by atoms with E-state index in [0.29, 0.717) is 33.9 Å². The minimum absolute atomic E-state index is 0.0340. The maximum absolute atomic E-state index is 10.5. The Morgan fingerprint density at radius 1 is 1.06 bits per heavy atom. The van der Waals surface area contributed by atoms with E-state index >= 15 is 0 Å². The fourth-order valence-corrected chi connectivity index (χ4v) is 8.14. The maximum atomic E-state index is 10.5. The molecule has 0 bridgehead atoms. The van der Waals surface area contributed by atoms with Crippen LogP contribution in [0.5, 0.6) is 11.5 Å². The molecule has 2 fully saturated rings. The van der Waals surface area contributed by atoms with Crippen LogP contribution in [-0.2, 0) is 9.47 Å². The van der Waals surface area contributed by atoms with Crippen molar-refractivity contribution in [3.8, 4) is 11.5 Å². The Hall–Kier alpha value is 0.0600. The van der Waals surface area contributed by atoms with E-state index in [-0.39, 0.29) is 6.61 Å². The van der Waals surface area contributed by atoms with Crippen molar-refractivity contribution in [1.82, 2.24) is 0 Å². The van der Waals surface area contributed by atoms with Crippen LogP contribution < -0.4 is 9.47 Å². The molecule has 2 heterocycles. The molecule has 0 aliphatic carbocycles. The molecule has 2 aliphatic heterocycles. The Balaban J connectivity index is 1.48. The van der Waals surface area contributed by atoms with Gasteiger partial charge >= 0.3 is 0 Å². The summed E-state index contributed by atoms with van der Waals surface area (Å²) in [6.07, 6.45) is -1.48. The SMILES string of the molecule is Cc1cc(OC(OCC2SCCS2)C(C)O)ccc1OCC(C)(O)OCC1SCCS1. The summed E-state index contributed by atoms with van der Waals surface area (Å²) in [4.78, 5) is 0. The minimum atomic E-state index is -1.35. The minimum Gasteiger partial charge on any atom is -0.488 e. The van der Waals surface area contributed by atoms with Crippen molar-refractivity contribution in [2.45, 2.75) is 48.1 Å². The molecule has 0 radical (unpaired) electrons. The number of thioether (sulfide) groups is 4. The van der Waals surface area contributed by atoms with Gasteiger partial charge in [0.15, 0.2) is 5.79 Å². The van der Waals surface area contributed by atoms with Crippen molar-refractivity contribution in [3.05, 3.63) is 23.8 Å². The van der Waals surface area contributed by atoms with Crippen LogP contribution in [0.4, 0.5) is 0 Å². The topological polar surface area (TPSA) is 77.4 Å². The van der Waals surface area contributed by atoms with E-state index in [0.717, 1.165) is 28.6 Å². The molecule has 3 atom stereocenters. The smallest absolute Gasteiger partial charge is 0.225 e. The molecule has 176 valence electrons. The van der Waals surface area contributed by atoms with Gasteiger partial charge in [0.25, 0.3) is 0 Å². The van der Waals surface area contributed by atoms with Crippen LogP contribution in [0, 0.1) is 6.92 Å². The Labute approximate surface area is 201 Å². The molecule has 1 aromatic rings. The molecular formula is C21H32O6S4. The summed E-state index contributed by atoms with van der Waals surface area (Å²) in [7, 11) is 0. The lowest BCUT2D eigenvalue weighted by molar-refractivity contribution is -0.203. The van der Waals surface area contributed by atoms with Gasteiger partial charge in [0, 0.05) is 23.0 Å². The number of ether oxygens (including phenoxy) is 4. The molecule has 2 saturated heterocycles. The second kappa shape index (κ2) is 12.5. The summed E-state index contributed by atoms with van der Waals surface area (Å²) in [6.45, 7) is 6.26. The first kappa shape index (κ1) is 25.7. The van der Waals surface area contributed by atoms with Gasteiger partial charge in [-0.25, -0.2) is 0 Å². The molecule has 10 heteroatoms. The van der Waals surface area contributed by atoms with Gasteiger partial charge in [-0.15, -0.1) is 47.0 Å². The molecule has 0 amide bonds. The third-order valence-corrected chi connectivity index (χ3v) is 10.5. The zero-order chi connectivity index (χ0) is 22.3. The van der Waals surface area contributed by atoms with E-state index < -0.39 is 18.2 Å². The van der Waals surface area contributed by atoms with Crippen molar-refractivity contribution < 1.29 is 29.2 Å². The summed E-state index contributed by atoms with van der Waals surface area (Å²) in [5.41, 5.74) is 0.862. The summed E-state index contributed by atoms with van der Waals surface area (Å²) in [5.74, 6) is 4.42. The summed E-state index contributed by atoms with van der Waals surface area (Å²) < 4.78 is 24.0. The first-order valence-corrected chi connectivity index (χ1v) is 14.5. The number of hydrogen-bond acceptors (Lipinski definition) is 10. The Morgan fingerprint density at radius 2 is 1.68 bits per heavy atom. The van der Waals surface area contributed by atoms with Gasteiger partial charge in [-0.1, -0.05) is 0 Å². The second-order valence-corrected chi connectivity index (χ2v) is 13.4. The summed E-state index contributed by atoms with van der Waals surface area (Å²) in [5, 5.41) is 20.5. The first-order valence-electron chi connectivity index (χ1n) is 10.3. The van der Waals surface area contributed by atoms with Crippen LogP contribution >= 0.6 is 47.0 Å². The molecular weight excluding hydrogens is 476 g/mol. The van der Waals surface area contributed by atoms with Crippen LogP contribution in [0.1, 0.15) is 19.4 Å². The lowest BCUT2D eigenvalue weighted by Gasteiger charge is -2.26. The summed E-state index contributed by atoms with van der Waals surface area (Å²) in [6, 6.07) is 5.42. The molecule has 0 saturated carbocycles. The fourth-order valence-electron chi connectivity index (χ4n) is 2.94. The maximum Gasteiger partial charge on any atom is 0.225 e. The normalized spacial score (nSPS) is 21.7. The van der Waals surface area contributed by atoms with Gasteiger partial charge in [0.05, 0.1) is 22.4 Å². The predicted octanol–water partition coefficient (Wildman–Crippen LogP) is 3.81. The molecule has 0 aromatic heterocycles. The molecule has 3 unspecified atom stereocenters. The highest BCUT2D eigenvalue weighted by molar-refractivity contribution is 8.20. The Kier molecular flexibility index (Phi) is 10.4. The zero-order valence-electron chi connectivity index (χ0n) is 18.2. The molecule has 3 rings (SSSR count). The summed E-state index contributed by atoms with van der Waals surface area (Å²) >= 11 is 7.47. The quantitative estimate of drug-likeness (QED) is 0.407. The van der Waals surface area contributed by atoms with E-state index in [1.807, 2.05) is 60.0 Å². The lowest BCUT2D eigenvalue weighted by atomic mass is 10.2. The van der Waals surface area contributed by atoms with E-state index in [1.54, 1.807) is 26.0 Å². The number of hydrogen-bond donors (Lipinski definition) is 2. The van der Waals surface area contributed by atoms with Crippen molar-refractivity contribution >= 4 is 47.0 Å². The van der Waals surface area contributed by atoms with E-state index in [4.69, 9.17) is 18.9 Å². The molecule has 2 aliphatic rings. The third-order valence-electron chi connectivity index (χ3n) is 4.60. The van der Waals surface area contributed by atoms with Crippen LogP contribution in [0.2, 0.25) is 0 Å². The fraction of sp³-hybridized carbons (Fsp3) is 0.714. The lowest BCUT2D eigenvalue weighted by Crippen LogP contribution is -2.37. The Morgan fingerprint density at radius 3 is 2.26 bits per heavy atom. The largest absolute Gasteiger partial charge is 0.488 e. The zero-order valence-corrected chi connectivity index (χ0v) is 21.4. The molecule has 0 spiro atoms. The van der Waals surface area contributed by atoms with Gasteiger partial charge < -0.3 is 29.2 Å². The molecule has 31 heavy (non-hydrogen) atoms. The molecule has 2 N–H and O–H groups in total. The average Bonchev–Trinajstić information content (AvgIpc) is 3.43.